The summed E-state index contributed by atoms with van der Waals surface area (Å²) in [6.45, 7) is 7.33. The predicted octanol–water partition coefficient (Wildman–Crippen LogP) is 3.44. The number of benzene rings is 2. The summed E-state index contributed by atoms with van der Waals surface area (Å²) in [5, 5.41) is 3.74. The van der Waals surface area contributed by atoms with Crippen LogP contribution in [0.2, 0.25) is 0 Å². The predicted molar refractivity (Wildman–Crippen MR) is 103 cm³/mol. The van der Waals surface area contributed by atoms with E-state index in [9.17, 15) is 4.79 Å². The Labute approximate surface area is 154 Å². The molecule has 6 nitrogen and oxygen atoms in total. The quantitative estimate of drug-likeness (QED) is 0.453. The molecule has 0 bridgehead atoms. The number of nitrogens with zero attached hydrogens (tertiary/aromatic N) is 1. The van der Waals surface area contributed by atoms with E-state index >= 15 is 0 Å². The molecule has 2 aromatic carbocycles. The Bertz CT molecular complexity index is 750. The van der Waals surface area contributed by atoms with Crippen LogP contribution >= 0.6 is 0 Å². The first-order chi connectivity index (χ1) is 12.4. The zero-order chi connectivity index (χ0) is 19.0. The second-order valence-electron chi connectivity index (χ2n) is 6.74. The molecule has 138 valence electrons. The molecule has 3 N–H and O–H groups in total. The van der Waals surface area contributed by atoms with Crippen LogP contribution in [0.15, 0.2) is 53.6 Å². The molecule has 0 atom stereocenters. The molecule has 0 aliphatic carbocycles. The molecule has 0 unspecified atom stereocenters. The summed E-state index contributed by atoms with van der Waals surface area (Å²) in [5.41, 5.74) is 9.24. The van der Waals surface area contributed by atoms with Crippen molar-refractivity contribution in [2.24, 2.45) is 10.8 Å². The van der Waals surface area contributed by atoms with E-state index in [4.69, 9.17) is 15.2 Å². The molecule has 6 heteroatoms. The van der Waals surface area contributed by atoms with Crippen LogP contribution < -0.4 is 20.6 Å². The van der Waals surface area contributed by atoms with E-state index in [0.717, 1.165) is 11.3 Å². The number of ether oxygens (including phenoxy) is 2. The number of nitrogens with two attached hydrogens (primary N) is 1. The van der Waals surface area contributed by atoms with E-state index in [1.165, 1.54) is 11.8 Å². The van der Waals surface area contributed by atoms with Gasteiger partial charge >= 0.3 is 6.03 Å². The van der Waals surface area contributed by atoms with Crippen molar-refractivity contribution in [3.05, 3.63) is 59.7 Å². The maximum absolute atomic E-state index is 10.6. The fraction of sp³-hybridized carbons (Fsp3) is 0.300. The second kappa shape index (κ2) is 8.89. The summed E-state index contributed by atoms with van der Waals surface area (Å²) in [7, 11) is 0. The van der Waals surface area contributed by atoms with Gasteiger partial charge in [0.2, 0.25) is 0 Å². The van der Waals surface area contributed by atoms with Crippen molar-refractivity contribution >= 4 is 12.2 Å². The van der Waals surface area contributed by atoms with Gasteiger partial charge in [-0.05, 0) is 35.2 Å². The lowest BCUT2D eigenvalue weighted by atomic mass is 9.87. The highest BCUT2D eigenvalue weighted by Gasteiger charge is 2.12. The first-order valence-electron chi connectivity index (χ1n) is 8.40. The van der Waals surface area contributed by atoms with Crippen LogP contribution in [0.25, 0.3) is 0 Å². The standard InChI is InChI=1S/C20H25N3O3/c1-20(2,3)16-8-10-17(11-9-16)25-12-13-26-18-7-5-4-6-15(18)14-22-23-19(21)24/h4-11,14H,12-13H2,1-3H3,(H3,21,23,24). The fourth-order valence-corrected chi connectivity index (χ4v) is 2.25. The minimum atomic E-state index is -0.717. The summed E-state index contributed by atoms with van der Waals surface area (Å²) in [6.07, 6.45) is 1.48. The lowest BCUT2D eigenvalue weighted by Gasteiger charge is -2.19. The topological polar surface area (TPSA) is 85.9 Å². The Hall–Kier alpha value is -3.02. The molecule has 26 heavy (non-hydrogen) atoms. The van der Waals surface area contributed by atoms with Crippen LogP contribution in [-0.2, 0) is 5.41 Å². The summed E-state index contributed by atoms with van der Waals surface area (Å²) in [6, 6.07) is 14.7. The van der Waals surface area contributed by atoms with Gasteiger partial charge in [0, 0.05) is 5.56 Å². The van der Waals surface area contributed by atoms with Gasteiger partial charge in [-0.1, -0.05) is 45.0 Å². The molecule has 2 aromatic rings. The number of carbonyl (C=O) groups excluding carboxylic acids is 1. The molecule has 0 aliphatic rings. The molecule has 2 rings (SSSR count). The second-order valence-corrected chi connectivity index (χ2v) is 6.74. The van der Waals surface area contributed by atoms with Crippen molar-refractivity contribution < 1.29 is 14.3 Å². The molecule has 0 aromatic heterocycles. The van der Waals surface area contributed by atoms with E-state index in [1.807, 2.05) is 36.4 Å². The van der Waals surface area contributed by atoms with Gasteiger partial charge in [0.05, 0.1) is 6.21 Å². The van der Waals surface area contributed by atoms with Gasteiger partial charge in [0.15, 0.2) is 0 Å². The third kappa shape index (κ3) is 6.12. The fourth-order valence-electron chi connectivity index (χ4n) is 2.25. The summed E-state index contributed by atoms with van der Waals surface area (Å²) in [5.74, 6) is 1.45. The Morgan fingerprint density at radius 2 is 1.73 bits per heavy atom. The minimum Gasteiger partial charge on any atom is -0.490 e. The number of rotatable bonds is 7. The van der Waals surface area contributed by atoms with Crippen LogP contribution in [0.4, 0.5) is 4.79 Å². The summed E-state index contributed by atoms with van der Waals surface area (Å²) < 4.78 is 11.4. The molecule has 0 fully saturated rings. The van der Waals surface area contributed by atoms with Gasteiger partial charge in [-0.25, -0.2) is 10.2 Å². The average molecular weight is 355 g/mol. The largest absolute Gasteiger partial charge is 0.490 e. The normalized spacial score (nSPS) is 11.3. The minimum absolute atomic E-state index is 0.121. The first-order valence-corrected chi connectivity index (χ1v) is 8.40. The molecular weight excluding hydrogens is 330 g/mol. The molecular formula is C20H25N3O3. The molecule has 2 amide bonds. The molecule has 0 saturated carbocycles. The van der Waals surface area contributed by atoms with Crippen molar-refractivity contribution in [2.45, 2.75) is 26.2 Å². The monoisotopic (exact) mass is 355 g/mol. The summed E-state index contributed by atoms with van der Waals surface area (Å²) in [4.78, 5) is 10.6. The van der Waals surface area contributed by atoms with E-state index in [1.54, 1.807) is 0 Å². The molecule has 0 aliphatic heterocycles. The van der Waals surface area contributed by atoms with Crippen LogP contribution in [0.3, 0.4) is 0 Å². The maximum atomic E-state index is 10.6. The van der Waals surface area contributed by atoms with Crippen molar-refractivity contribution in [1.29, 1.82) is 0 Å². The van der Waals surface area contributed by atoms with E-state index in [2.05, 4.69) is 43.4 Å². The Kier molecular flexibility index (Phi) is 6.60. The third-order valence-corrected chi connectivity index (χ3v) is 3.63. The first kappa shape index (κ1) is 19.3. The van der Waals surface area contributed by atoms with Crippen molar-refractivity contribution in [3.63, 3.8) is 0 Å². The highest BCUT2D eigenvalue weighted by Crippen LogP contribution is 2.24. The number of hydrogen-bond acceptors (Lipinski definition) is 4. The van der Waals surface area contributed by atoms with Crippen molar-refractivity contribution in [1.82, 2.24) is 5.43 Å². The van der Waals surface area contributed by atoms with Crippen molar-refractivity contribution in [2.75, 3.05) is 13.2 Å². The molecule has 0 spiro atoms. The smallest absolute Gasteiger partial charge is 0.332 e. The third-order valence-electron chi connectivity index (χ3n) is 3.63. The number of para-hydroxylation sites is 1. The van der Waals surface area contributed by atoms with Crippen LogP contribution in [0.5, 0.6) is 11.5 Å². The van der Waals surface area contributed by atoms with E-state index < -0.39 is 6.03 Å². The van der Waals surface area contributed by atoms with Gasteiger partial charge in [0.1, 0.15) is 24.7 Å². The Morgan fingerprint density at radius 3 is 2.38 bits per heavy atom. The number of carbonyl (C=O) groups is 1. The lowest BCUT2D eigenvalue weighted by Crippen LogP contribution is -2.24. The number of nitrogens with one attached hydrogen (secondary N) is 1. The zero-order valence-corrected chi connectivity index (χ0v) is 15.4. The molecule has 0 heterocycles. The van der Waals surface area contributed by atoms with Gasteiger partial charge in [-0.15, -0.1) is 0 Å². The lowest BCUT2D eigenvalue weighted by molar-refractivity contribution is 0.217. The number of hydrogen-bond donors (Lipinski definition) is 2. The van der Waals surface area contributed by atoms with Crippen LogP contribution in [0.1, 0.15) is 31.9 Å². The number of primary amides is 1. The Morgan fingerprint density at radius 1 is 1.08 bits per heavy atom. The van der Waals surface area contributed by atoms with Gasteiger partial charge in [-0.2, -0.15) is 5.10 Å². The molecule has 0 saturated heterocycles. The number of amides is 2. The molecule has 0 radical (unpaired) electrons. The van der Waals surface area contributed by atoms with Gasteiger partial charge in [0.25, 0.3) is 0 Å². The van der Waals surface area contributed by atoms with E-state index in [0.29, 0.717) is 19.0 Å². The average Bonchev–Trinajstić information content (AvgIpc) is 2.59. The highest BCUT2D eigenvalue weighted by molar-refractivity contribution is 5.84. The highest BCUT2D eigenvalue weighted by atomic mass is 16.5. The SMILES string of the molecule is CC(C)(C)c1ccc(OCCOc2ccccc2C=NNC(N)=O)cc1. The van der Waals surface area contributed by atoms with Gasteiger partial charge in [-0.3, -0.25) is 0 Å². The van der Waals surface area contributed by atoms with Crippen molar-refractivity contribution in [3.8, 4) is 11.5 Å². The summed E-state index contributed by atoms with van der Waals surface area (Å²) >= 11 is 0. The Balaban J connectivity index is 1.85. The van der Waals surface area contributed by atoms with Gasteiger partial charge < -0.3 is 15.2 Å². The number of urea groups is 1. The maximum Gasteiger partial charge on any atom is 0.332 e. The van der Waals surface area contributed by atoms with Crippen LogP contribution in [-0.4, -0.2) is 25.5 Å². The van der Waals surface area contributed by atoms with E-state index in [-0.39, 0.29) is 5.41 Å². The zero-order valence-electron chi connectivity index (χ0n) is 15.4. The number of hydrazone groups is 1. The van der Waals surface area contributed by atoms with Crippen LogP contribution in [0, 0.1) is 0 Å².